The Bertz CT molecular complexity index is 315. The average Bonchev–Trinajstić information content (AvgIpc) is 2.35. The molecule has 116 valence electrons. The fraction of sp³-hybridized carbons (Fsp3) is 0.824. The number of rotatable bonds is 8. The number of ether oxygens (including phenoxy) is 2. The van der Waals surface area contributed by atoms with Gasteiger partial charge >= 0.3 is 0 Å². The number of carbonyl (C=O) groups excluding carboxylic acids is 1. The van der Waals surface area contributed by atoms with Gasteiger partial charge in [-0.25, -0.2) is 0 Å². The van der Waals surface area contributed by atoms with Gasteiger partial charge in [-0.05, 0) is 39.3 Å². The SMILES string of the molecule is CCCCCCCC[C@@H]1OC(OC(C)(C)C)C=CC1=O. The van der Waals surface area contributed by atoms with E-state index in [0.717, 1.165) is 12.8 Å². The summed E-state index contributed by atoms with van der Waals surface area (Å²) in [5.74, 6) is 0.0762. The highest BCUT2D eigenvalue weighted by Gasteiger charge is 2.27. The number of ketones is 1. The molecule has 0 saturated heterocycles. The van der Waals surface area contributed by atoms with Crippen molar-refractivity contribution in [1.82, 2.24) is 0 Å². The molecule has 2 atom stereocenters. The van der Waals surface area contributed by atoms with E-state index < -0.39 is 6.29 Å². The van der Waals surface area contributed by atoms with E-state index in [4.69, 9.17) is 9.47 Å². The molecule has 0 amide bonds. The topological polar surface area (TPSA) is 35.5 Å². The van der Waals surface area contributed by atoms with Crippen LogP contribution in [0.2, 0.25) is 0 Å². The molecule has 1 heterocycles. The van der Waals surface area contributed by atoms with Crippen LogP contribution < -0.4 is 0 Å². The molecule has 0 aromatic carbocycles. The fourth-order valence-electron chi connectivity index (χ4n) is 2.29. The Kier molecular flexibility index (Phi) is 7.46. The van der Waals surface area contributed by atoms with E-state index in [0.29, 0.717) is 0 Å². The summed E-state index contributed by atoms with van der Waals surface area (Å²) < 4.78 is 11.5. The highest BCUT2D eigenvalue weighted by molar-refractivity contribution is 5.94. The van der Waals surface area contributed by atoms with Crippen LogP contribution in [0.4, 0.5) is 0 Å². The standard InChI is InChI=1S/C17H30O3/c1-5-6-7-8-9-10-11-15-14(18)12-13-16(19-15)20-17(2,3)4/h12-13,15-16H,5-11H2,1-4H3/t15-,16?/m0/s1. The lowest BCUT2D eigenvalue weighted by Crippen LogP contribution is -2.37. The molecule has 0 bridgehead atoms. The minimum Gasteiger partial charge on any atom is -0.343 e. The zero-order chi connectivity index (χ0) is 15.0. The minimum absolute atomic E-state index is 0.0762. The molecule has 0 aromatic heterocycles. The van der Waals surface area contributed by atoms with E-state index in [1.54, 1.807) is 12.2 Å². The van der Waals surface area contributed by atoms with Gasteiger partial charge in [0.1, 0.15) is 6.10 Å². The molecule has 1 aliphatic rings. The van der Waals surface area contributed by atoms with Crippen LogP contribution in [-0.4, -0.2) is 23.8 Å². The van der Waals surface area contributed by atoms with E-state index in [1.807, 2.05) is 20.8 Å². The van der Waals surface area contributed by atoms with Crippen molar-refractivity contribution in [2.75, 3.05) is 0 Å². The molecule has 0 saturated carbocycles. The van der Waals surface area contributed by atoms with Crippen molar-refractivity contribution >= 4 is 5.78 Å². The maximum Gasteiger partial charge on any atom is 0.184 e. The fourth-order valence-corrected chi connectivity index (χ4v) is 2.29. The maximum absolute atomic E-state index is 11.8. The van der Waals surface area contributed by atoms with Crippen LogP contribution in [0.3, 0.4) is 0 Å². The Morgan fingerprint density at radius 2 is 1.80 bits per heavy atom. The first kappa shape index (κ1) is 17.4. The second-order valence-corrected chi connectivity index (χ2v) is 6.54. The highest BCUT2D eigenvalue weighted by Crippen LogP contribution is 2.21. The summed E-state index contributed by atoms with van der Waals surface area (Å²) in [5.41, 5.74) is -0.264. The third-order valence-electron chi connectivity index (χ3n) is 3.32. The van der Waals surface area contributed by atoms with Crippen molar-refractivity contribution in [3.8, 4) is 0 Å². The quantitative estimate of drug-likeness (QED) is 0.619. The second-order valence-electron chi connectivity index (χ2n) is 6.54. The van der Waals surface area contributed by atoms with Gasteiger partial charge in [0.25, 0.3) is 0 Å². The zero-order valence-electron chi connectivity index (χ0n) is 13.5. The highest BCUT2D eigenvalue weighted by atomic mass is 16.7. The van der Waals surface area contributed by atoms with E-state index in [2.05, 4.69) is 6.92 Å². The molecule has 0 aliphatic carbocycles. The van der Waals surface area contributed by atoms with Gasteiger partial charge in [-0.3, -0.25) is 4.79 Å². The summed E-state index contributed by atoms with van der Waals surface area (Å²) in [5, 5.41) is 0. The van der Waals surface area contributed by atoms with Crippen molar-refractivity contribution in [2.24, 2.45) is 0 Å². The molecular formula is C17H30O3. The van der Waals surface area contributed by atoms with Crippen molar-refractivity contribution in [3.63, 3.8) is 0 Å². The number of hydrogen-bond donors (Lipinski definition) is 0. The first-order valence-electron chi connectivity index (χ1n) is 7.97. The first-order chi connectivity index (χ1) is 9.42. The number of unbranched alkanes of at least 4 members (excludes halogenated alkanes) is 5. The van der Waals surface area contributed by atoms with Crippen LogP contribution in [0.1, 0.15) is 72.6 Å². The van der Waals surface area contributed by atoms with Crippen molar-refractivity contribution < 1.29 is 14.3 Å². The van der Waals surface area contributed by atoms with Gasteiger partial charge < -0.3 is 9.47 Å². The molecule has 3 nitrogen and oxygen atoms in total. The molecule has 3 heteroatoms. The number of hydrogen-bond acceptors (Lipinski definition) is 3. The minimum atomic E-state index is -0.391. The smallest absolute Gasteiger partial charge is 0.184 e. The van der Waals surface area contributed by atoms with E-state index in [9.17, 15) is 4.79 Å². The molecular weight excluding hydrogens is 252 g/mol. The molecule has 0 radical (unpaired) electrons. The van der Waals surface area contributed by atoms with Gasteiger partial charge in [0.15, 0.2) is 12.1 Å². The maximum atomic E-state index is 11.8. The Morgan fingerprint density at radius 3 is 2.45 bits per heavy atom. The van der Waals surface area contributed by atoms with Gasteiger partial charge in [-0.2, -0.15) is 0 Å². The van der Waals surface area contributed by atoms with Crippen LogP contribution in [-0.2, 0) is 14.3 Å². The van der Waals surface area contributed by atoms with Gasteiger partial charge in [0, 0.05) is 0 Å². The van der Waals surface area contributed by atoms with Crippen molar-refractivity contribution in [2.45, 2.75) is 90.6 Å². The summed E-state index contributed by atoms with van der Waals surface area (Å²) in [6.45, 7) is 8.19. The summed E-state index contributed by atoms with van der Waals surface area (Å²) in [4.78, 5) is 11.8. The van der Waals surface area contributed by atoms with Crippen LogP contribution >= 0.6 is 0 Å². The molecule has 0 N–H and O–H groups in total. The normalized spacial score (nSPS) is 23.3. The first-order valence-corrected chi connectivity index (χ1v) is 7.97. The lowest BCUT2D eigenvalue weighted by molar-refractivity contribution is -0.196. The Hall–Kier alpha value is -0.670. The Balaban J connectivity index is 2.28. The predicted molar refractivity (Wildman–Crippen MR) is 81.6 cm³/mol. The molecule has 0 fully saturated rings. The summed E-state index contributed by atoms with van der Waals surface area (Å²) in [6.07, 6.45) is 10.8. The Morgan fingerprint density at radius 1 is 1.15 bits per heavy atom. The monoisotopic (exact) mass is 282 g/mol. The molecule has 0 spiro atoms. The average molecular weight is 282 g/mol. The van der Waals surface area contributed by atoms with Gasteiger partial charge in [-0.15, -0.1) is 0 Å². The third-order valence-corrected chi connectivity index (χ3v) is 3.32. The van der Waals surface area contributed by atoms with Crippen LogP contribution in [0.25, 0.3) is 0 Å². The molecule has 20 heavy (non-hydrogen) atoms. The lowest BCUT2D eigenvalue weighted by Gasteiger charge is -2.30. The molecule has 1 aliphatic heterocycles. The summed E-state index contributed by atoms with van der Waals surface area (Å²) >= 11 is 0. The van der Waals surface area contributed by atoms with E-state index >= 15 is 0 Å². The summed E-state index contributed by atoms with van der Waals surface area (Å²) in [6, 6.07) is 0. The van der Waals surface area contributed by atoms with Crippen LogP contribution in [0.5, 0.6) is 0 Å². The van der Waals surface area contributed by atoms with E-state index in [1.165, 1.54) is 32.1 Å². The van der Waals surface area contributed by atoms with E-state index in [-0.39, 0.29) is 17.5 Å². The lowest BCUT2D eigenvalue weighted by atomic mass is 10.0. The predicted octanol–water partition coefficient (Wildman–Crippen LogP) is 4.40. The number of carbonyl (C=O) groups is 1. The van der Waals surface area contributed by atoms with Gasteiger partial charge in [-0.1, -0.05) is 45.4 Å². The third kappa shape index (κ3) is 7.20. The molecule has 1 rings (SSSR count). The van der Waals surface area contributed by atoms with Crippen molar-refractivity contribution in [3.05, 3.63) is 12.2 Å². The van der Waals surface area contributed by atoms with Gasteiger partial charge in [0.2, 0.25) is 0 Å². The second kappa shape index (κ2) is 8.58. The largest absolute Gasteiger partial charge is 0.343 e. The van der Waals surface area contributed by atoms with Crippen molar-refractivity contribution in [1.29, 1.82) is 0 Å². The van der Waals surface area contributed by atoms with Gasteiger partial charge in [0.05, 0.1) is 5.60 Å². The molecule has 1 unspecified atom stereocenters. The van der Waals surface area contributed by atoms with Crippen LogP contribution in [0, 0.1) is 0 Å². The summed E-state index contributed by atoms with van der Waals surface area (Å²) in [7, 11) is 0. The Labute approximate surface area is 123 Å². The zero-order valence-corrected chi connectivity index (χ0v) is 13.5. The van der Waals surface area contributed by atoms with Crippen LogP contribution in [0.15, 0.2) is 12.2 Å². The molecule has 0 aromatic rings.